The number of para-hydroxylation sites is 1. The number of ether oxygens (including phenoxy) is 2. The molecule has 1 heterocycles. The molecule has 190 valence electrons. The summed E-state index contributed by atoms with van der Waals surface area (Å²) in [4.78, 5) is 47.1. The van der Waals surface area contributed by atoms with Crippen molar-refractivity contribution in [2.24, 2.45) is 5.73 Å². The van der Waals surface area contributed by atoms with E-state index in [1.165, 1.54) is 43.3 Å². The lowest BCUT2D eigenvalue weighted by Crippen LogP contribution is -2.43. The van der Waals surface area contributed by atoms with Crippen molar-refractivity contribution < 1.29 is 37.8 Å². The van der Waals surface area contributed by atoms with Crippen LogP contribution in [0.3, 0.4) is 0 Å². The smallest absolute Gasteiger partial charge is 0.326 e. The van der Waals surface area contributed by atoms with Crippen molar-refractivity contribution in [2.45, 2.75) is 25.8 Å². The van der Waals surface area contributed by atoms with Crippen LogP contribution in [0.4, 0.5) is 9.18 Å². The summed E-state index contributed by atoms with van der Waals surface area (Å²) in [5, 5.41) is 14.1. The van der Waals surface area contributed by atoms with Gasteiger partial charge in [0.15, 0.2) is 18.2 Å². The van der Waals surface area contributed by atoms with Crippen LogP contribution in [0.25, 0.3) is 11.0 Å². The van der Waals surface area contributed by atoms with E-state index in [0.717, 1.165) is 0 Å². The van der Waals surface area contributed by atoms with Gasteiger partial charge < -0.3 is 35.4 Å². The maximum Gasteiger partial charge on any atom is 0.326 e. The van der Waals surface area contributed by atoms with Crippen LogP contribution in [0.1, 0.15) is 18.6 Å². The lowest BCUT2D eigenvalue weighted by Gasteiger charge is -2.15. The van der Waals surface area contributed by atoms with Gasteiger partial charge in [0.05, 0.1) is 5.39 Å². The number of nitrogens with two attached hydrogens (primary N) is 1. The molecule has 36 heavy (non-hydrogen) atoms. The average molecular weight is 501 g/mol. The second-order valence-corrected chi connectivity index (χ2v) is 7.69. The van der Waals surface area contributed by atoms with E-state index in [1.807, 2.05) is 0 Å². The number of carbonyl (C=O) groups excluding carboxylic acids is 2. The molecule has 0 unspecified atom stereocenters. The van der Waals surface area contributed by atoms with Gasteiger partial charge in [-0.15, -0.1) is 0 Å². The number of hydrogen-bond donors (Lipinski definition) is 4. The number of nitrogens with one attached hydrogen (secondary N) is 2. The van der Waals surface area contributed by atoms with E-state index in [2.05, 4.69) is 10.6 Å². The number of halogens is 1. The van der Waals surface area contributed by atoms with Crippen molar-refractivity contribution in [3.8, 4) is 17.2 Å². The minimum Gasteiger partial charge on any atom is -0.484 e. The fourth-order valence-electron chi connectivity index (χ4n) is 3.27. The molecule has 1 atom stereocenters. The number of carboxylic acids is 1. The Morgan fingerprint density at radius 3 is 2.64 bits per heavy atom. The summed E-state index contributed by atoms with van der Waals surface area (Å²) < 4.78 is 30.4. The van der Waals surface area contributed by atoms with Gasteiger partial charge in [0.2, 0.25) is 11.2 Å². The lowest BCUT2D eigenvalue weighted by molar-refractivity contribution is -0.142. The molecule has 3 aromatic rings. The van der Waals surface area contributed by atoms with Crippen LogP contribution in [-0.4, -0.2) is 42.2 Å². The standard InChI is InChI=1S/C24H24FN3O8/c1-13-22(36-18-7-3-2-5-16(18)25)21(30)15-9-8-14(11-19(15)35-13)34-12-20(29)28-17(23(31)32)6-4-10-27-24(26)33/h2-3,5,7-9,11,17H,4,6,10,12H2,1H3,(H,28,29)(H,31,32)(H3,26,27,33)/t17-/m1/s1. The van der Waals surface area contributed by atoms with Crippen molar-refractivity contribution in [3.05, 3.63) is 64.3 Å². The van der Waals surface area contributed by atoms with Gasteiger partial charge in [-0.3, -0.25) is 9.59 Å². The van der Waals surface area contributed by atoms with Crippen LogP contribution in [0.15, 0.2) is 51.7 Å². The van der Waals surface area contributed by atoms with Crippen molar-refractivity contribution >= 4 is 28.9 Å². The summed E-state index contributed by atoms with van der Waals surface area (Å²) in [5.41, 5.74) is 4.58. The highest BCUT2D eigenvalue weighted by molar-refractivity contribution is 5.84. The first kappa shape index (κ1) is 26.0. The Labute approximate surface area is 204 Å². The number of carbonyl (C=O) groups is 3. The molecule has 0 fully saturated rings. The molecule has 0 spiro atoms. The molecule has 3 amide bonds. The zero-order valence-corrected chi connectivity index (χ0v) is 19.2. The van der Waals surface area contributed by atoms with Crippen LogP contribution in [0.2, 0.25) is 0 Å². The highest BCUT2D eigenvalue weighted by atomic mass is 19.1. The number of urea groups is 1. The summed E-state index contributed by atoms with van der Waals surface area (Å²) in [6.07, 6.45) is 0.353. The molecular weight excluding hydrogens is 477 g/mol. The molecule has 0 bridgehead atoms. The molecule has 5 N–H and O–H groups in total. The number of hydrogen-bond acceptors (Lipinski definition) is 7. The van der Waals surface area contributed by atoms with E-state index < -0.39 is 41.8 Å². The third-order valence-corrected chi connectivity index (χ3v) is 5.01. The molecule has 0 radical (unpaired) electrons. The quantitative estimate of drug-likeness (QED) is 0.290. The van der Waals surface area contributed by atoms with Gasteiger partial charge in [-0.2, -0.15) is 0 Å². The first-order chi connectivity index (χ1) is 17.2. The zero-order chi connectivity index (χ0) is 26.2. The van der Waals surface area contributed by atoms with Crippen LogP contribution in [0, 0.1) is 12.7 Å². The minimum absolute atomic E-state index is 0.0685. The van der Waals surface area contributed by atoms with Crippen molar-refractivity contribution in [2.75, 3.05) is 13.2 Å². The Balaban J connectivity index is 1.65. The predicted octanol–water partition coefficient (Wildman–Crippen LogP) is 2.43. The zero-order valence-electron chi connectivity index (χ0n) is 19.2. The second kappa shape index (κ2) is 11.7. The number of rotatable bonds is 11. The number of amides is 3. The van der Waals surface area contributed by atoms with Gasteiger partial charge in [0, 0.05) is 12.6 Å². The van der Waals surface area contributed by atoms with E-state index in [4.69, 9.17) is 19.6 Å². The Kier molecular flexibility index (Phi) is 8.44. The van der Waals surface area contributed by atoms with Gasteiger partial charge >= 0.3 is 12.0 Å². The van der Waals surface area contributed by atoms with Crippen LogP contribution < -0.4 is 31.3 Å². The van der Waals surface area contributed by atoms with Crippen molar-refractivity contribution in [1.29, 1.82) is 0 Å². The van der Waals surface area contributed by atoms with Crippen LogP contribution in [-0.2, 0) is 9.59 Å². The van der Waals surface area contributed by atoms with Gasteiger partial charge in [0.1, 0.15) is 23.1 Å². The Morgan fingerprint density at radius 2 is 1.94 bits per heavy atom. The van der Waals surface area contributed by atoms with Gasteiger partial charge in [-0.05, 0) is 44.0 Å². The molecule has 0 aliphatic rings. The SMILES string of the molecule is Cc1oc2cc(OCC(=O)N[C@H](CCCNC(N)=O)C(=O)O)ccc2c(=O)c1Oc1ccccc1F. The molecule has 12 heteroatoms. The monoisotopic (exact) mass is 501 g/mol. The van der Waals surface area contributed by atoms with E-state index in [1.54, 1.807) is 6.07 Å². The van der Waals surface area contributed by atoms with Gasteiger partial charge in [-0.25, -0.2) is 14.0 Å². The molecule has 3 rings (SSSR count). The average Bonchev–Trinajstić information content (AvgIpc) is 2.83. The molecule has 0 saturated heterocycles. The maximum absolute atomic E-state index is 13.9. The van der Waals surface area contributed by atoms with Gasteiger partial charge in [-0.1, -0.05) is 12.1 Å². The summed E-state index contributed by atoms with van der Waals surface area (Å²) in [6.45, 7) is 1.16. The first-order valence-electron chi connectivity index (χ1n) is 10.8. The highest BCUT2D eigenvalue weighted by Crippen LogP contribution is 2.28. The number of aryl methyl sites for hydroxylation is 1. The minimum atomic E-state index is -1.24. The molecule has 1 aromatic heterocycles. The summed E-state index contributed by atoms with van der Waals surface area (Å²) in [7, 11) is 0. The fraction of sp³-hybridized carbons (Fsp3) is 0.250. The van der Waals surface area contributed by atoms with Crippen molar-refractivity contribution in [1.82, 2.24) is 10.6 Å². The lowest BCUT2D eigenvalue weighted by atomic mass is 10.1. The number of aliphatic carboxylic acids is 1. The van der Waals surface area contributed by atoms with E-state index in [-0.39, 0.29) is 53.4 Å². The third-order valence-electron chi connectivity index (χ3n) is 5.01. The summed E-state index contributed by atoms with van der Waals surface area (Å²) >= 11 is 0. The van der Waals surface area contributed by atoms with Gasteiger partial charge in [0.25, 0.3) is 5.91 Å². The Bertz CT molecular complexity index is 1340. The first-order valence-corrected chi connectivity index (χ1v) is 10.8. The number of fused-ring (bicyclic) bond motifs is 1. The van der Waals surface area contributed by atoms with E-state index in [9.17, 15) is 28.7 Å². The fourth-order valence-corrected chi connectivity index (χ4v) is 3.27. The Hall–Kier alpha value is -4.61. The number of primary amides is 1. The molecule has 0 saturated carbocycles. The largest absolute Gasteiger partial charge is 0.484 e. The molecule has 11 nitrogen and oxygen atoms in total. The van der Waals surface area contributed by atoms with E-state index >= 15 is 0 Å². The predicted molar refractivity (Wildman–Crippen MR) is 126 cm³/mol. The Morgan fingerprint density at radius 1 is 1.19 bits per heavy atom. The molecule has 0 aliphatic heterocycles. The summed E-state index contributed by atoms with van der Waals surface area (Å²) in [5.74, 6) is -2.53. The van der Waals surface area contributed by atoms with Crippen molar-refractivity contribution in [3.63, 3.8) is 0 Å². The molecule has 2 aromatic carbocycles. The summed E-state index contributed by atoms with van der Waals surface area (Å²) in [6, 6.07) is 7.97. The van der Waals surface area contributed by atoms with Crippen LogP contribution >= 0.6 is 0 Å². The van der Waals surface area contributed by atoms with Crippen LogP contribution in [0.5, 0.6) is 17.2 Å². The number of carboxylic acid groups (broad SMARTS) is 1. The maximum atomic E-state index is 13.9. The molecular formula is C24H24FN3O8. The molecule has 0 aliphatic carbocycles. The third kappa shape index (κ3) is 6.72. The number of benzene rings is 2. The van der Waals surface area contributed by atoms with E-state index in [0.29, 0.717) is 0 Å². The second-order valence-electron chi connectivity index (χ2n) is 7.69. The topological polar surface area (TPSA) is 170 Å². The highest BCUT2D eigenvalue weighted by Gasteiger charge is 2.20. The normalized spacial score (nSPS) is 11.5.